The Balaban J connectivity index is 2.02. The molecule has 2 aliphatic heterocycles. The number of esters is 2. The Morgan fingerprint density at radius 3 is 2.55 bits per heavy atom. The predicted molar refractivity (Wildman–Crippen MR) is 120 cm³/mol. The Morgan fingerprint density at radius 2 is 1.94 bits per heavy atom. The lowest BCUT2D eigenvalue weighted by Crippen LogP contribution is -2.51. The molecule has 0 amide bonds. The molecule has 0 N–H and O–H groups in total. The lowest BCUT2D eigenvalue weighted by Gasteiger charge is -2.45. The second-order valence-corrected chi connectivity index (χ2v) is 10.3. The molecule has 2 bridgehead atoms. The van der Waals surface area contributed by atoms with Crippen molar-refractivity contribution in [2.24, 2.45) is 23.7 Å². The molecular weight excluding hydrogens is 392 g/mol. The van der Waals surface area contributed by atoms with Crippen LogP contribution in [0.1, 0.15) is 79.6 Å². The Morgan fingerprint density at radius 1 is 1.23 bits per heavy atom. The van der Waals surface area contributed by atoms with Crippen LogP contribution >= 0.6 is 0 Å². The summed E-state index contributed by atoms with van der Waals surface area (Å²) in [4.78, 5) is 24.4. The molecule has 2 saturated heterocycles. The highest BCUT2D eigenvalue weighted by Crippen LogP contribution is 2.55. The van der Waals surface area contributed by atoms with Crippen LogP contribution in [0.5, 0.6) is 0 Å². The fourth-order valence-electron chi connectivity index (χ4n) is 6.16. The molecule has 1 saturated carbocycles. The quantitative estimate of drug-likeness (QED) is 0.431. The monoisotopic (exact) mass is 432 g/mol. The first-order valence-corrected chi connectivity index (χ1v) is 12.0. The predicted octanol–water partition coefficient (Wildman–Crippen LogP) is 5.38. The number of rotatable bonds is 5. The third kappa shape index (κ3) is 4.92. The van der Waals surface area contributed by atoms with Crippen LogP contribution in [0.25, 0.3) is 0 Å². The lowest BCUT2D eigenvalue weighted by molar-refractivity contribution is -0.182. The SMILES string of the molecule is C=C1CC[C@H](C(C)C)[C@H]2C3O[C@@H](CC(=C)[C@@H](OC(C)=O)CC[C@@]3(C)OC(=O)CCC)[C@@H]12. The summed E-state index contributed by atoms with van der Waals surface area (Å²) < 4.78 is 18.6. The zero-order valence-corrected chi connectivity index (χ0v) is 19.9. The van der Waals surface area contributed by atoms with E-state index in [9.17, 15) is 9.59 Å². The van der Waals surface area contributed by atoms with Gasteiger partial charge in [-0.2, -0.15) is 0 Å². The van der Waals surface area contributed by atoms with Crippen LogP contribution < -0.4 is 0 Å². The molecule has 1 unspecified atom stereocenters. The third-order valence-corrected chi connectivity index (χ3v) is 7.64. The summed E-state index contributed by atoms with van der Waals surface area (Å²) in [5, 5.41) is 0. The molecule has 0 aromatic carbocycles. The van der Waals surface area contributed by atoms with Crippen LogP contribution in [0.2, 0.25) is 0 Å². The molecule has 31 heavy (non-hydrogen) atoms. The van der Waals surface area contributed by atoms with E-state index in [2.05, 4.69) is 27.0 Å². The number of ether oxygens (including phenoxy) is 3. The summed E-state index contributed by atoms with van der Waals surface area (Å²) in [6.45, 7) is 18.7. The van der Waals surface area contributed by atoms with Gasteiger partial charge in [-0.15, -0.1) is 0 Å². The Hall–Kier alpha value is -1.62. The standard InChI is InChI=1S/C26H40O5/c1-8-9-22(28)31-26(7)13-12-20(29-18(6)27)17(5)14-21-23-16(4)10-11-19(15(2)3)24(23)25(26)30-21/h15,19-21,23-25H,4-5,8-14H2,1-3,6-7H3/t19-,20+,21+,23-,24-,25?,26-/m1/s1. The van der Waals surface area contributed by atoms with Gasteiger partial charge in [-0.1, -0.05) is 39.5 Å². The highest BCUT2D eigenvalue weighted by Gasteiger charge is 2.58. The second-order valence-electron chi connectivity index (χ2n) is 10.3. The van der Waals surface area contributed by atoms with Crippen molar-refractivity contribution in [1.82, 2.24) is 0 Å². The van der Waals surface area contributed by atoms with E-state index < -0.39 is 5.60 Å². The molecule has 0 aromatic rings. The van der Waals surface area contributed by atoms with Gasteiger partial charge in [-0.3, -0.25) is 9.59 Å². The van der Waals surface area contributed by atoms with Gasteiger partial charge in [0.25, 0.3) is 0 Å². The molecule has 174 valence electrons. The minimum absolute atomic E-state index is 0.0723. The number of hydrogen-bond donors (Lipinski definition) is 0. The van der Waals surface area contributed by atoms with Crippen molar-refractivity contribution in [2.75, 3.05) is 0 Å². The molecule has 1 aliphatic carbocycles. The summed E-state index contributed by atoms with van der Waals surface area (Å²) in [7, 11) is 0. The van der Waals surface area contributed by atoms with Crippen LogP contribution in [-0.2, 0) is 23.8 Å². The number of carbonyl (C=O) groups is 2. The van der Waals surface area contributed by atoms with Crippen LogP contribution in [0.15, 0.2) is 24.3 Å². The Bertz CT molecular complexity index is 725. The first-order valence-electron chi connectivity index (χ1n) is 12.0. The number of carbonyl (C=O) groups excluding carboxylic acids is 2. The minimum atomic E-state index is -0.780. The van der Waals surface area contributed by atoms with Gasteiger partial charge in [0.15, 0.2) is 0 Å². The van der Waals surface area contributed by atoms with Crippen LogP contribution in [0.4, 0.5) is 0 Å². The summed E-state index contributed by atoms with van der Waals surface area (Å²) in [6.07, 6.45) is 4.35. The highest BCUT2D eigenvalue weighted by atomic mass is 16.6. The first-order chi connectivity index (χ1) is 14.6. The van der Waals surface area contributed by atoms with Gasteiger partial charge in [0.2, 0.25) is 0 Å². The van der Waals surface area contributed by atoms with Gasteiger partial charge in [0.1, 0.15) is 17.8 Å². The normalized spacial score (nSPS) is 38.1. The van der Waals surface area contributed by atoms with Crippen molar-refractivity contribution in [3.05, 3.63) is 24.3 Å². The van der Waals surface area contributed by atoms with Crippen molar-refractivity contribution < 1.29 is 23.8 Å². The third-order valence-electron chi connectivity index (χ3n) is 7.64. The van der Waals surface area contributed by atoms with Gasteiger partial charge in [0, 0.05) is 25.2 Å². The second kappa shape index (κ2) is 9.48. The Kier molecular flexibility index (Phi) is 7.35. The number of hydrogen-bond acceptors (Lipinski definition) is 5. The largest absolute Gasteiger partial charge is 0.458 e. The maximum absolute atomic E-state index is 12.6. The van der Waals surface area contributed by atoms with Gasteiger partial charge in [-0.05, 0) is 62.9 Å². The fraction of sp³-hybridized carbons (Fsp3) is 0.769. The maximum atomic E-state index is 12.6. The molecule has 0 spiro atoms. The molecule has 5 heteroatoms. The van der Waals surface area contributed by atoms with E-state index in [1.807, 2.05) is 13.8 Å². The zero-order chi connectivity index (χ0) is 22.9. The molecular formula is C26H40O5. The average molecular weight is 433 g/mol. The van der Waals surface area contributed by atoms with Crippen molar-refractivity contribution in [3.63, 3.8) is 0 Å². The van der Waals surface area contributed by atoms with E-state index in [0.717, 1.165) is 24.8 Å². The summed E-state index contributed by atoms with van der Waals surface area (Å²) >= 11 is 0. The molecule has 5 nitrogen and oxygen atoms in total. The van der Waals surface area contributed by atoms with Crippen LogP contribution in [0, 0.1) is 23.7 Å². The van der Waals surface area contributed by atoms with Crippen LogP contribution in [-0.4, -0.2) is 35.9 Å². The first kappa shape index (κ1) is 24.0. The smallest absolute Gasteiger partial charge is 0.306 e. The van der Waals surface area contributed by atoms with Crippen molar-refractivity contribution in [3.8, 4) is 0 Å². The molecule has 0 radical (unpaired) electrons. The van der Waals surface area contributed by atoms with E-state index in [-0.39, 0.29) is 42.1 Å². The zero-order valence-electron chi connectivity index (χ0n) is 19.9. The summed E-state index contributed by atoms with van der Waals surface area (Å²) in [6, 6.07) is 0. The topological polar surface area (TPSA) is 61.8 Å². The van der Waals surface area contributed by atoms with Crippen molar-refractivity contribution >= 4 is 11.9 Å². The molecule has 3 fully saturated rings. The van der Waals surface area contributed by atoms with E-state index >= 15 is 0 Å². The van der Waals surface area contributed by atoms with Crippen molar-refractivity contribution in [1.29, 1.82) is 0 Å². The van der Waals surface area contributed by atoms with E-state index in [4.69, 9.17) is 14.2 Å². The van der Waals surface area contributed by atoms with Gasteiger partial charge in [-0.25, -0.2) is 0 Å². The van der Waals surface area contributed by atoms with Crippen molar-refractivity contribution in [2.45, 2.75) is 103 Å². The average Bonchev–Trinajstić information content (AvgIpc) is 3.06. The summed E-state index contributed by atoms with van der Waals surface area (Å²) in [5.41, 5.74) is 1.33. The van der Waals surface area contributed by atoms with Gasteiger partial charge >= 0.3 is 11.9 Å². The number of fused-ring (bicyclic) bond motifs is 5. The molecule has 7 atom stereocenters. The highest BCUT2D eigenvalue weighted by molar-refractivity contribution is 5.70. The van der Waals surface area contributed by atoms with Crippen LogP contribution in [0.3, 0.4) is 0 Å². The molecule has 3 aliphatic rings. The van der Waals surface area contributed by atoms with E-state index in [1.54, 1.807) is 0 Å². The van der Waals surface area contributed by atoms with E-state index in [1.165, 1.54) is 12.5 Å². The molecule has 2 heterocycles. The fourth-order valence-corrected chi connectivity index (χ4v) is 6.16. The summed E-state index contributed by atoms with van der Waals surface area (Å²) in [5.74, 6) is 0.979. The molecule has 0 aromatic heterocycles. The maximum Gasteiger partial charge on any atom is 0.306 e. The van der Waals surface area contributed by atoms with Gasteiger partial charge < -0.3 is 14.2 Å². The minimum Gasteiger partial charge on any atom is -0.458 e. The van der Waals surface area contributed by atoms with E-state index in [0.29, 0.717) is 37.5 Å². The molecule has 3 rings (SSSR count). The van der Waals surface area contributed by atoms with Gasteiger partial charge in [0.05, 0.1) is 6.10 Å². The Labute approximate surface area is 187 Å². The lowest BCUT2D eigenvalue weighted by atomic mass is 9.61.